The van der Waals surface area contributed by atoms with Crippen LogP contribution in [0.1, 0.15) is 53.1 Å². The minimum absolute atomic E-state index is 0.582. The zero-order chi connectivity index (χ0) is 15.6. The van der Waals surface area contributed by atoms with E-state index in [1.807, 2.05) is 0 Å². The monoisotopic (exact) mass is 285 g/mol. The van der Waals surface area contributed by atoms with Crippen molar-refractivity contribution in [2.45, 2.75) is 60.5 Å². The van der Waals surface area contributed by atoms with Gasteiger partial charge in [0, 0.05) is 17.8 Å². The van der Waals surface area contributed by atoms with Gasteiger partial charge in [-0.2, -0.15) is 5.10 Å². The summed E-state index contributed by atoms with van der Waals surface area (Å²) in [6.07, 6.45) is 1.92. The number of nitrogens with two attached hydrogens (primary N) is 1. The second kappa shape index (κ2) is 6.44. The van der Waals surface area contributed by atoms with Crippen molar-refractivity contribution in [3.8, 4) is 0 Å². The summed E-state index contributed by atoms with van der Waals surface area (Å²) < 4.78 is 2.16. The Morgan fingerprint density at radius 1 is 1.00 bits per heavy atom. The lowest BCUT2D eigenvalue weighted by atomic mass is 10.00. The second-order valence-corrected chi connectivity index (χ2v) is 5.82. The molecule has 0 aliphatic heterocycles. The molecule has 0 bridgehead atoms. The van der Waals surface area contributed by atoms with Crippen LogP contribution in [-0.2, 0) is 25.9 Å². The van der Waals surface area contributed by atoms with Gasteiger partial charge in [0.25, 0.3) is 0 Å². The molecule has 0 saturated heterocycles. The van der Waals surface area contributed by atoms with Crippen LogP contribution >= 0.6 is 0 Å². The van der Waals surface area contributed by atoms with Gasteiger partial charge < -0.3 is 5.73 Å². The standard InChI is InChI=1S/C18H27N3/c1-6-17-15(10-19)18(7-2)21(20-17)11-16-13(4)8-12(3)9-14(16)5/h8-9H,6-7,10-11,19H2,1-5H3. The summed E-state index contributed by atoms with van der Waals surface area (Å²) in [6.45, 7) is 12.3. The Labute approximate surface area is 128 Å². The Hall–Kier alpha value is -1.61. The summed E-state index contributed by atoms with van der Waals surface area (Å²) in [5.74, 6) is 0. The Balaban J connectivity index is 2.47. The third-order valence-electron chi connectivity index (χ3n) is 4.27. The van der Waals surface area contributed by atoms with E-state index >= 15 is 0 Å². The lowest BCUT2D eigenvalue weighted by molar-refractivity contribution is 0.635. The SMILES string of the molecule is CCc1nn(Cc2c(C)cc(C)cc2C)c(CC)c1CN. The van der Waals surface area contributed by atoms with Gasteiger partial charge in [0.2, 0.25) is 0 Å². The summed E-state index contributed by atoms with van der Waals surface area (Å²) in [7, 11) is 0. The number of hydrogen-bond acceptors (Lipinski definition) is 2. The van der Waals surface area contributed by atoms with Crippen LogP contribution in [-0.4, -0.2) is 9.78 Å². The van der Waals surface area contributed by atoms with E-state index in [0.717, 1.165) is 25.1 Å². The summed E-state index contributed by atoms with van der Waals surface area (Å²) in [5.41, 5.74) is 15.0. The molecule has 2 N–H and O–H groups in total. The molecule has 3 heteroatoms. The van der Waals surface area contributed by atoms with Crippen LogP contribution in [0.4, 0.5) is 0 Å². The highest BCUT2D eigenvalue weighted by Crippen LogP contribution is 2.21. The molecule has 3 nitrogen and oxygen atoms in total. The highest BCUT2D eigenvalue weighted by atomic mass is 15.3. The van der Waals surface area contributed by atoms with E-state index in [-0.39, 0.29) is 0 Å². The third kappa shape index (κ3) is 3.03. The predicted octanol–water partition coefficient (Wildman–Crippen LogP) is 3.44. The number of nitrogens with zero attached hydrogens (tertiary/aromatic N) is 2. The molecule has 0 atom stereocenters. The molecule has 114 valence electrons. The fraction of sp³-hybridized carbons (Fsp3) is 0.500. The van der Waals surface area contributed by atoms with Crippen LogP contribution < -0.4 is 5.73 Å². The maximum absolute atomic E-state index is 5.94. The molecule has 0 spiro atoms. The van der Waals surface area contributed by atoms with Gasteiger partial charge in [-0.1, -0.05) is 31.5 Å². The highest BCUT2D eigenvalue weighted by Gasteiger charge is 2.15. The van der Waals surface area contributed by atoms with Gasteiger partial charge in [-0.15, -0.1) is 0 Å². The molecular weight excluding hydrogens is 258 g/mol. The molecule has 2 aromatic rings. The maximum Gasteiger partial charge on any atom is 0.0669 e. The molecule has 0 unspecified atom stereocenters. The van der Waals surface area contributed by atoms with Crippen LogP contribution in [0.3, 0.4) is 0 Å². The van der Waals surface area contributed by atoms with Crippen molar-refractivity contribution in [2.75, 3.05) is 0 Å². The summed E-state index contributed by atoms with van der Waals surface area (Å²) >= 11 is 0. The van der Waals surface area contributed by atoms with Crippen LogP contribution in [0.25, 0.3) is 0 Å². The molecule has 2 rings (SSSR count). The number of hydrogen-bond donors (Lipinski definition) is 1. The molecule has 1 aromatic heterocycles. The summed E-state index contributed by atoms with van der Waals surface area (Å²) in [4.78, 5) is 0. The third-order valence-corrected chi connectivity index (χ3v) is 4.27. The van der Waals surface area contributed by atoms with Gasteiger partial charge in [0.05, 0.1) is 12.2 Å². The molecule has 0 amide bonds. The topological polar surface area (TPSA) is 43.8 Å². The fourth-order valence-electron chi connectivity index (χ4n) is 3.24. The van der Waals surface area contributed by atoms with Gasteiger partial charge >= 0.3 is 0 Å². The van der Waals surface area contributed by atoms with Crippen LogP contribution in [0.15, 0.2) is 12.1 Å². The van der Waals surface area contributed by atoms with Gasteiger partial charge in [0.1, 0.15) is 0 Å². The molecule has 0 saturated carbocycles. The van der Waals surface area contributed by atoms with Crippen molar-refractivity contribution in [3.63, 3.8) is 0 Å². The van der Waals surface area contributed by atoms with Crippen molar-refractivity contribution in [3.05, 3.63) is 51.3 Å². The average molecular weight is 285 g/mol. The first-order valence-electron chi connectivity index (χ1n) is 7.85. The molecular formula is C18H27N3. The van der Waals surface area contributed by atoms with Gasteiger partial charge in [-0.25, -0.2) is 0 Å². The first kappa shape index (κ1) is 15.8. The number of aromatic nitrogens is 2. The van der Waals surface area contributed by atoms with Gasteiger partial charge in [-0.3, -0.25) is 4.68 Å². The van der Waals surface area contributed by atoms with E-state index < -0.39 is 0 Å². The Bertz CT molecular complexity index is 615. The predicted molar refractivity (Wildman–Crippen MR) is 88.6 cm³/mol. The van der Waals surface area contributed by atoms with E-state index in [0.29, 0.717) is 6.54 Å². The first-order chi connectivity index (χ1) is 10.0. The van der Waals surface area contributed by atoms with Crippen LogP contribution in [0, 0.1) is 20.8 Å². The molecule has 1 heterocycles. The van der Waals surface area contributed by atoms with E-state index in [4.69, 9.17) is 10.8 Å². The highest BCUT2D eigenvalue weighted by molar-refractivity contribution is 5.38. The Morgan fingerprint density at radius 2 is 1.62 bits per heavy atom. The lowest BCUT2D eigenvalue weighted by Crippen LogP contribution is -2.10. The van der Waals surface area contributed by atoms with E-state index in [1.165, 1.54) is 33.5 Å². The zero-order valence-corrected chi connectivity index (χ0v) is 14.0. The lowest BCUT2D eigenvalue weighted by Gasteiger charge is -2.13. The fourth-order valence-corrected chi connectivity index (χ4v) is 3.24. The maximum atomic E-state index is 5.94. The average Bonchev–Trinajstić information content (AvgIpc) is 2.79. The summed E-state index contributed by atoms with van der Waals surface area (Å²) in [6, 6.07) is 4.50. The zero-order valence-electron chi connectivity index (χ0n) is 14.0. The molecule has 0 fully saturated rings. The number of aryl methyl sites for hydroxylation is 4. The quantitative estimate of drug-likeness (QED) is 0.914. The molecule has 0 aliphatic rings. The normalized spacial score (nSPS) is 11.1. The van der Waals surface area contributed by atoms with E-state index in [9.17, 15) is 0 Å². The van der Waals surface area contributed by atoms with E-state index in [2.05, 4.69) is 51.4 Å². The molecule has 1 aromatic carbocycles. The van der Waals surface area contributed by atoms with Crippen molar-refractivity contribution < 1.29 is 0 Å². The van der Waals surface area contributed by atoms with Crippen LogP contribution in [0.5, 0.6) is 0 Å². The largest absolute Gasteiger partial charge is 0.326 e. The van der Waals surface area contributed by atoms with Gasteiger partial charge in [-0.05, 0) is 50.3 Å². The Morgan fingerprint density at radius 3 is 2.10 bits per heavy atom. The van der Waals surface area contributed by atoms with Crippen molar-refractivity contribution >= 4 is 0 Å². The summed E-state index contributed by atoms with van der Waals surface area (Å²) in [5, 5.41) is 4.81. The van der Waals surface area contributed by atoms with Crippen molar-refractivity contribution in [2.24, 2.45) is 5.73 Å². The smallest absolute Gasteiger partial charge is 0.0669 e. The minimum atomic E-state index is 0.582. The van der Waals surface area contributed by atoms with Crippen molar-refractivity contribution in [1.82, 2.24) is 9.78 Å². The van der Waals surface area contributed by atoms with E-state index in [1.54, 1.807) is 0 Å². The molecule has 0 aliphatic carbocycles. The minimum Gasteiger partial charge on any atom is -0.326 e. The molecule has 0 radical (unpaired) electrons. The molecule has 21 heavy (non-hydrogen) atoms. The Kier molecular flexibility index (Phi) is 4.84. The van der Waals surface area contributed by atoms with Gasteiger partial charge in [0.15, 0.2) is 0 Å². The first-order valence-corrected chi connectivity index (χ1v) is 7.85. The number of benzene rings is 1. The van der Waals surface area contributed by atoms with Crippen LogP contribution in [0.2, 0.25) is 0 Å². The number of rotatable bonds is 5. The van der Waals surface area contributed by atoms with Crippen molar-refractivity contribution in [1.29, 1.82) is 0 Å². The second-order valence-electron chi connectivity index (χ2n) is 5.82.